The number of para-hydroxylation sites is 1. The second-order valence-corrected chi connectivity index (χ2v) is 7.44. The summed E-state index contributed by atoms with van der Waals surface area (Å²) in [5.41, 5.74) is 2.85. The Morgan fingerprint density at radius 2 is 1.57 bits per heavy atom. The molecule has 112 valence electrons. The second kappa shape index (κ2) is 7.56. The van der Waals surface area contributed by atoms with Gasteiger partial charge in [0.2, 0.25) is 0 Å². The molecule has 2 aromatic rings. The van der Waals surface area contributed by atoms with E-state index in [9.17, 15) is 0 Å². The number of rotatable bonds is 6. The molecule has 0 aliphatic rings. The van der Waals surface area contributed by atoms with Crippen molar-refractivity contribution in [2.24, 2.45) is 0 Å². The van der Waals surface area contributed by atoms with Crippen LogP contribution >= 0.6 is 11.8 Å². The summed E-state index contributed by atoms with van der Waals surface area (Å²) < 4.78 is 0. The van der Waals surface area contributed by atoms with Crippen molar-refractivity contribution in [1.29, 1.82) is 0 Å². The number of nitrogens with one attached hydrogen (secondary N) is 1. The molecule has 0 radical (unpaired) electrons. The maximum absolute atomic E-state index is 3.45. The van der Waals surface area contributed by atoms with E-state index in [2.05, 4.69) is 74.6 Å². The molecule has 0 spiro atoms. The lowest BCUT2D eigenvalue weighted by atomic mass is 9.87. The summed E-state index contributed by atoms with van der Waals surface area (Å²) in [6.45, 7) is 7.79. The van der Waals surface area contributed by atoms with Gasteiger partial charge in [-0.1, -0.05) is 51.1 Å². The van der Waals surface area contributed by atoms with Crippen LogP contribution in [0, 0.1) is 0 Å². The smallest absolute Gasteiger partial charge is 0.0340 e. The SMILES string of the molecule is CC(C)(C)c1ccc(SCCCNc2ccccc2)cc1. The lowest BCUT2D eigenvalue weighted by molar-refractivity contribution is 0.590. The van der Waals surface area contributed by atoms with Crippen LogP contribution in [0.1, 0.15) is 32.8 Å². The Morgan fingerprint density at radius 1 is 0.905 bits per heavy atom. The Hall–Kier alpha value is -1.41. The molecular formula is C19H25NS. The predicted octanol–water partition coefficient (Wildman–Crippen LogP) is 5.58. The fraction of sp³-hybridized carbons (Fsp3) is 0.368. The normalized spacial score (nSPS) is 11.4. The third kappa shape index (κ3) is 5.47. The first kappa shape index (κ1) is 16.0. The lowest BCUT2D eigenvalue weighted by Crippen LogP contribution is -2.10. The molecule has 0 aliphatic heterocycles. The minimum absolute atomic E-state index is 0.239. The maximum atomic E-state index is 3.45. The maximum Gasteiger partial charge on any atom is 0.0340 e. The van der Waals surface area contributed by atoms with Crippen LogP contribution in [-0.2, 0) is 5.41 Å². The molecule has 0 atom stereocenters. The fourth-order valence-corrected chi connectivity index (χ4v) is 2.95. The number of hydrogen-bond donors (Lipinski definition) is 1. The van der Waals surface area contributed by atoms with Gasteiger partial charge in [-0.15, -0.1) is 11.8 Å². The van der Waals surface area contributed by atoms with Crippen molar-refractivity contribution in [3.63, 3.8) is 0 Å². The van der Waals surface area contributed by atoms with Gasteiger partial charge in [-0.25, -0.2) is 0 Å². The Labute approximate surface area is 133 Å². The fourth-order valence-electron chi connectivity index (χ4n) is 2.10. The van der Waals surface area contributed by atoms with E-state index in [4.69, 9.17) is 0 Å². The Kier molecular flexibility index (Phi) is 5.75. The lowest BCUT2D eigenvalue weighted by Gasteiger charge is -2.19. The average molecular weight is 299 g/mol. The van der Waals surface area contributed by atoms with Gasteiger partial charge in [-0.2, -0.15) is 0 Å². The summed E-state index contributed by atoms with van der Waals surface area (Å²) >= 11 is 1.93. The van der Waals surface area contributed by atoms with E-state index in [0.29, 0.717) is 0 Å². The Morgan fingerprint density at radius 3 is 2.19 bits per heavy atom. The predicted molar refractivity (Wildman–Crippen MR) is 95.4 cm³/mol. The summed E-state index contributed by atoms with van der Waals surface area (Å²) in [4.78, 5) is 1.36. The van der Waals surface area contributed by atoms with Gasteiger partial charge >= 0.3 is 0 Å². The molecule has 21 heavy (non-hydrogen) atoms. The number of anilines is 1. The topological polar surface area (TPSA) is 12.0 Å². The average Bonchev–Trinajstić information content (AvgIpc) is 2.47. The van der Waals surface area contributed by atoms with Gasteiger partial charge in [-0.3, -0.25) is 0 Å². The van der Waals surface area contributed by atoms with Crippen LogP contribution < -0.4 is 5.32 Å². The first-order valence-corrected chi connectivity index (χ1v) is 8.56. The number of thioether (sulfide) groups is 1. The second-order valence-electron chi connectivity index (χ2n) is 6.27. The van der Waals surface area contributed by atoms with E-state index in [-0.39, 0.29) is 5.41 Å². The van der Waals surface area contributed by atoms with Gasteiger partial charge in [-0.05, 0) is 47.4 Å². The Bertz CT molecular complexity index is 526. The van der Waals surface area contributed by atoms with Crippen molar-refractivity contribution in [2.75, 3.05) is 17.6 Å². The molecular weight excluding hydrogens is 274 g/mol. The molecule has 0 amide bonds. The van der Waals surface area contributed by atoms with E-state index < -0.39 is 0 Å². The van der Waals surface area contributed by atoms with Gasteiger partial charge in [0.25, 0.3) is 0 Å². The zero-order chi connectivity index (χ0) is 15.1. The van der Waals surface area contributed by atoms with E-state index in [0.717, 1.165) is 12.3 Å². The van der Waals surface area contributed by atoms with Crippen LogP contribution in [-0.4, -0.2) is 12.3 Å². The first-order chi connectivity index (χ1) is 10.1. The van der Waals surface area contributed by atoms with E-state index in [1.54, 1.807) is 0 Å². The molecule has 2 aromatic carbocycles. The molecule has 0 heterocycles. The molecule has 1 N–H and O–H groups in total. The summed E-state index contributed by atoms with van der Waals surface area (Å²) in [5.74, 6) is 1.15. The molecule has 0 fully saturated rings. The Balaban J connectivity index is 1.69. The number of benzene rings is 2. The van der Waals surface area contributed by atoms with Crippen LogP contribution in [0.3, 0.4) is 0 Å². The van der Waals surface area contributed by atoms with Crippen LogP contribution in [0.25, 0.3) is 0 Å². The van der Waals surface area contributed by atoms with Crippen molar-refractivity contribution < 1.29 is 0 Å². The van der Waals surface area contributed by atoms with Gasteiger partial charge in [0.15, 0.2) is 0 Å². The summed E-state index contributed by atoms with van der Waals surface area (Å²) in [6.07, 6.45) is 1.17. The van der Waals surface area contributed by atoms with Crippen LogP contribution in [0.2, 0.25) is 0 Å². The van der Waals surface area contributed by atoms with Crippen LogP contribution in [0.15, 0.2) is 59.5 Å². The molecule has 0 unspecified atom stereocenters. The summed E-state index contributed by atoms with van der Waals surface area (Å²) in [7, 11) is 0. The highest BCUT2D eigenvalue weighted by Crippen LogP contribution is 2.25. The molecule has 0 bridgehead atoms. The first-order valence-electron chi connectivity index (χ1n) is 7.58. The molecule has 0 saturated heterocycles. The molecule has 0 aliphatic carbocycles. The molecule has 2 heteroatoms. The summed E-state index contributed by atoms with van der Waals surface area (Å²) in [6, 6.07) is 19.4. The van der Waals surface area contributed by atoms with Gasteiger partial charge in [0, 0.05) is 17.1 Å². The van der Waals surface area contributed by atoms with Crippen molar-refractivity contribution in [3.05, 3.63) is 60.2 Å². The van der Waals surface area contributed by atoms with Crippen LogP contribution in [0.4, 0.5) is 5.69 Å². The molecule has 0 aromatic heterocycles. The zero-order valence-electron chi connectivity index (χ0n) is 13.2. The highest BCUT2D eigenvalue weighted by Gasteiger charge is 2.12. The highest BCUT2D eigenvalue weighted by atomic mass is 32.2. The molecule has 0 saturated carbocycles. The minimum atomic E-state index is 0.239. The molecule has 2 rings (SSSR count). The van der Waals surface area contributed by atoms with Crippen molar-refractivity contribution in [1.82, 2.24) is 0 Å². The highest BCUT2D eigenvalue weighted by molar-refractivity contribution is 7.99. The standard InChI is InChI=1S/C19H25NS/c1-19(2,3)16-10-12-18(13-11-16)21-15-7-14-20-17-8-5-4-6-9-17/h4-6,8-13,20H,7,14-15H2,1-3H3. The van der Waals surface area contributed by atoms with E-state index >= 15 is 0 Å². The van der Waals surface area contributed by atoms with Gasteiger partial charge in [0.1, 0.15) is 0 Å². The van der Waals surface area contributed by atoms with Crippen molar-refractivity contribution >= 4 is 17.4 Å². The van der Waals surface area contributed by atoms with E-state index in [1.165, 1.54) is 22.6 Å². The van der Waals surface area contributed by atoms with Gasteiger partial charge < -0.3 is 5.32 Å². The number of hydrogen-bond acceptors (Lipinski definition) is 2. The minimum Gasteiger partial charge on any atom is -0.385 e. The molecule has 1 nitrogen and oxygen atoms in total. The quantitative estimate of drug-likeness (QED) is 0.552. The van der Waals surface area contributed by atoms with Crippen molar-refractivity contribution in [2.45, 2.75) is 37.5 Å². The largest absolute Gasteiger partial charge is 0.385 e. The van der Waals surface area contributed by atoms with Crippen molar-refractivity contribution in [3.8, 4) is 0 Å². The van der Waals surface area contributed by atoms with E-state index in [1.807, 2.05) is 17.8 Å². The van der Waals surface area contributed by atoms with Crippen LogP contribution in [0.5, 0.6) is 0 Å². The monoisotopic (exact) mass is 299 g/mol. The zero-order valence-corrected chi connectivity index (χ0v) is 14.0. The summed E-state index contributed by atoms with van der Waals surface area (Å²) in [5, 5.41) is 3.45. The third-order valence-electron chi connectivity index (χ3n) is 3.41. The van der Waals surface area contributed by atoms with Gasteiger partial charge in [0.05, 0.1) is 0 Å². The third-order valence-corrected chi connectivity index (χ3v) is 4.51.